The van der Waals surface area contributed by atoms with Crippen LogP contribution in [0.15, 0.2) is 30.6 Å². The van der Waals surface area contributed by atoms with Crippen LogP contribution >= 0.6 is 0 Å². The van der Waals surface area contributed by atoms with Gasteiger partial charge in [-0.05, 0) is 24.6 Å². The van der Waals surface area contributed by atoms with E-state index in [1.165, 1.54) is 7.11 Å². The fourth-order valence-corrected chi connectivity index (χ4v) is 3.03. The molecule has 0 radical (unpaired) electrons. The van der Waals surface area contributed by atoms with Gasteiger partial charge in [-0.25, -0.2) is 4.98 Å². The maximum Gasteiger partial charge on any atom is 0.259 e. The number of aromatic nitrogens is 3. The summed E-state index contributed by atoms with van der Waals surface area (Å²) in [6.45, 7) is 1.08. The van der Waals surface area contributed by atoms with E-state index in [1.807, 2.05) is 6.20 Å². The molecule has 128 valence electrons. The van der Waals surface area contributed by atoms with Crippen molar-refractivity contribution in [3.63, 3.8) is 0 Å². The number of nitrogens with zero attached hydrogens (tertiary/aromatic N) is 4. The van der Waals surface area contributed by atoms with Crippen molar-refractivity contribution < 1.29 is 14.3 Å². The molecule has 1 saturated heterocycles. The maximum atomic E-state index is 13.0. The SMILES string of the molecule is COc1ncccc1C(=O)N1C[C@H](OC)C[C@H]1Cn1ccc(N)n1. The lowest BCUT2D eigenvalue weighted by atomic mass is 10.2. The first-order valence-electron chi connectivity index (χ1n) is 7.74. The Hall–Kier alpha value is -2.61. The van der Waals surface area contributed by atoms with E-state index in [4.69, 9.17) is 15.2 Å². The number of ether oxygens (including phenoxy) is 2. The van der Waals surface area contributed by atoms with Crippen molar-refractivity contribution in [2.75, 3.05) is 26.5 Å². The van der Waals surface area contributed by atoms with Crippen molar-refractivity contribution in [2.24, 2.45) is 0 Å². The third kappa shape index (κ3) is 3.18. The summed E-state index contributed by atoms with van der Waals surface area (Å²) in [5.41, 5.74) is 6.11. The molecular weight excluding hydrogens is 310 g/mol. The van der Waals surface area contributed by atoms with E-state index in [0.717, 1.165) is 6.42 Å². The van der Waals surface area contributed by atoms with Gasteiger partial charge in [-0.15, -0.1) is 0 Å². The van der Waals surface area contributed by atoms with Crippen molar-refractivity contribution in [1.82, 2.24) is 19.7 Å². The Morgan fingerprint density at radius 2 is 2.25 bits per heavy atom. The molecule has 1 aliphatic heterocycles. The van der Waals surface area contributed by atoms with E-state index in [0.29, 0.717) is 30.4 Å². The molecule has 24 heavy (non-hydrogen) atoms. The minimum Gasteiger partial charge on any atom is -0.480 e. The first-order valence-corrected chi connectivity index (χ1v) is 7.74. The van der Waals surface area contributed by atoms with Crippen LogP contribution in [0, 0.1) is 0 Å². The van der Waals surface area contributed by atoms with Crippen molar-refractivity contribution >= 4 is 11.7 Å². The number of carbonyl (C=O) groups is 1. The van der Waals surface area contributed by atoms with Crippen LogP contribution in [0.25, 0.3) is 0 Å². The maximum absolute atomic E-state index is 13.0. The molecule has 3 heterocycles. The first kappa shape index (κ1) is 16.3. The van der Waals surface area contributed by atoms with Crippen LogP contribution in [-0.2, 0) is 11.3 Å². The standard InChI is InChI=1S/C16H21N5O3/c1-23-12-8-11(9-20-7-5-14(17)19-20)21(10-12)16(22)13-4-3-6-18-15(13)24-2/h3-7,11-12H,8-10H2,1-2H3,(H2,17,19)/t11-,12+/m0/s1. The molecule has 1 amide bonds. The van der Waals surface area contributed by atoms with Gasteiger partial charge in [0.15, 0.2) is 0 Å². The minimum atomic E-state index is -0.121. The Kier molecular flexibility index (Phi) is 4.66. The monoisotopic (exact) mass is 331 g/mol. The summed E-state index contributed by atoms with van der Waals surface area (Å²) in [5.74, 6) is 0.665. The second kappa shape index (κ2) is 6.88. The molecule has 1 fully saturated rings. The topological polar surface area (TPSA) is 95.5 Å². The molecular formula is C16H21N5O3. The molecule has 2 atom stereocenters. The normalized spacial score (nSPS) is 20.3. The second-order valence-electron chi connectivity index (χ2n) is 5.73. The molecule has 8 heteroatoms. The van der Waals surface area contributed by atoms with Gasteiger partial charge in [0.25, 0.3) is 5.91 Å². The predicted octanol–water partition coefficient (Wildman–Crippen LogP) is 0.799. The number of methoxy groups -OCH3 is 2. The van der Waals surface area contributed by atoms with Crippen LogP contribution in [0.5, 0.6) is 5.88 Å². The van der Waals surface area contributed by atoms with Gasteiger partial charge in [-0.1, -0.05) is 0 Å². The minimum absolute atomic E-state index is 0.00507. The summed E-state index contributed by atoms with van der Waals surface area (Å²) in [5, 5.41) is 4.20. The van der Waals surface area contributed by atoms with Crippen LogP contribution in [-0.4, -0.2) is 58.5 Å². The van der Waals surface area contributed by atoms with Gasteiger partial charge in [0.2, 0.25) is 5.88 Å². The lowest BCUT2D eigenvalue weighted by molar-refractivity contribution is 0.0675. The average Bonchev–Trinajstić information content (AvgIpc) is 3.20. The van der Waals surface area contributed by atoms with Crippen molar-refractivity contribution in [1.29, 1.82) is 0 Å². The zero-order valence-electron chi connectivity index (χ0n) is 13.8. The number of hydrogen-bond donors (Lipinski definition) is 1. The summed E-state index contributed by atoms with van der Waals surface area (Å²) in [6, 6.07) is 5.14. The van der Waals surface area contributed by atoms with Gasteiger partial charge in [-0.2, -0.15) is 5.10 Å². The highest BCUT2D eigenvalue weighted by Gasteiger charge is 2.37. The number of amides is 1. The number of anilines is 1. The van der Waals surface area contributed by atoms with Gasteiger partial charge in [0, 0.05) is 26.0 Å². The molecule has 2 N–H and O–H groups in total. The molecule has 2 aromatic rings. The molecule has 0 aliphatic carbocycles. The van der Waals surface area contributed by atoms with Gasteiger partial charge >= 0.3 is 0 Å². The van der Waals surface area contributed by atoms with Gasteiger partial charge in [-0.3, -0.25) is 9.48 Å². The highest BCUT2D eigenvalue weighted by atomic mass is 16.5. The zero-order valence-corrected chi connectivity index (χ0v) is 13.8. The van der Waals surface area contributed by atoms with Crippen LogP contribution in [0.1, 0.15) is 16.8 Å². The van der Waals surface area contributed by atoms with E-state index < -0.39 is 0 Å². The number of rotatable bonds is 5. The zero-order chi connectivity index (χ0) is 17.1. The lowest BCUT2D eigenvalue weighted by Gasteiger charge is -2.24. The largest absolute Gasteiger partial charge is 0.480 e. The van der Waals surface area contributed by atoms with Gasteiger partial charge in [0.05, 0.1) is 25.8 Å². The Morgan fingerprint density at radius 3 is 2.92 bits per heavy atom. The van der Waals surface area contributed by atoms with E-state index in [9.17, 15) is 4.79 Å². The van der Waals surface area contributed by atoms with Crippen LogP contribution in [0.3, 0.4) is 0 Å². The summed E-state index contributed by atoms with van der Waals surface area (Å²) in [6.07, 6.45) is 4.14. The fraction of sp³-hybridized carbons (Fsp3) is 0.438. The lowest BCUT2D eigenvalue weighted by Crippen LogP contribution is -2.38. The number of pyridine rings is 1. The molecule has 0 bridgehead atoms. The van der Waals surface area contributed by atoms with E-state index in [-0.39, 0.29) is 18.1 Å². The van der Waals surface area contributed by atoms with Crippen molar-refractivity contribution in [3.05, 3.63) is 36.2 Å². The average molecular weight is 331 g/mol. The molecule has 0 spiro atoms. The molecule has 0 unspecified atom stereocenters. The first-order chi connectivity index (χ1) is 11.6. The summed E-state index contributed by atoms with van der Waals surface area (Å²) >= 11 is 0. The molecule has 3 rings (SSSR count). The molecule has 2 aromatic heterocycles. The summed E-state index contributed by atoms with van der Waals surface area (Å²) < 4.78 is 12.4. The fourth-order valence-electron chi connectivity index (χ4n) is 3.03. The second-order valence-corrected chi connectivity index (χ2v) is 5.73. The Morgan fingerprint density at radius 1 is 1.42 bits per heavy atom. The van der Waals surface area contributed by atoms with Gasteiger partial charge in [0.1, 0.15) is 11.4 Å². The number of likely N-dealkylation sites (tertiary alicyclic amines) is 1. The Bertz CT molecular complexity index is 717. The van der Waals surface area contributed by atoms with Crippen molar-refractivity contribution in [2.45, 2.75) is 25.1 Å². The molecule has 0 aromatic carbocycles. The third-order valence-electron chi connectivity index (χ3n) is 4.22. The van der Waals surface area contributed by atoms with E-state index in [2.05, 4.69) is 10.1 Å². The molecule has 8 nitrogen and oxygen atoms in total. The summed E-state index contributed by atoms with van der Waals surface area (Å²) in [7, 11) is 3.16. The van der Waals surface area contributed by atoms with E-state index in [1.54, 1.807) is 41.1 Å². The molecule has 1 aliphatic rings. The molecule has 0 saturated carbocycles. The highest BCUT2D eigenvalue weighted by Crippen LogP contribution is 2.26. The summed E-state index contributed by atoms with van der Waals surface area (Å²) in [4.78, 5) is 18.9. The quantitative estimate of drug-likeness (QED) is 0.870. The number of nitrogens with two attached hydrogens (primary N) is 1. The van der Waals surface area contributed by atoms with Crippen LogP contribution in [0.2, 0.25) is 0 Å². The Labute approximate surface area is 140 Å². The van der Waals surface area contributed by atoms with E-state index >= 15 is 0 Å². The smallest absolute Gasteiger partial charge is 0.259 e. The van der Waals surface area contributed by atoms with Crippen molar-refractivity contribution in [3.8, 4) is 5.88 Å². The Balaban J connectivity index is 1.83. The highest BCUT2D eigenvalue weighted by molar-refractivity contribution is 5.96. The number of nitrogen functional groups attached to an aromatic ring is 1. The van der Waals surface area contributed by atoms with Gasteiger partial charge < -0.3 is 20.1 Å². The van der Waals surface area contributed by atoms with Crippen LogP contribution < -0.4 is 10.5 Å². The predicted molar refractivity (Wildman–Crippen MR) is 87.7 cm³/mol. The number of hydrogen-bond acceptors (Lipinski definition) is 6. The number of carbonyl (C=O) groups excluding carboxylic acids is 1. The van der Waals surface area contributed by atoms with Crippen LogP contribution in [0.4, 0.5) is 5.82 Å². The third-order valence-corrected chi connectivity index (χ3v) is 4.22.